The van der Waals surface area contributed by atoms with Gasteiger partial charge in [-0.25, -0.2) is 4.98 Å². The third-order valence-electron chi connectivity index (χ3n) is 6.58. The number of thiocarbonyl (C=S) groups is 1. The summed E-state index contributed by atoms with van der Waals surface area (Å²) in [6.45, 7) is 10.9. The van der Waals surface area contributed by atoms with E-state index in [0.717, 1.165) is 18.4 Å². The van der Waals surface area contributed by atoms with Crippen molar-refractivity contribution >= 4 is 51.7 Å². The molecule has 5 heterocycles. The average molecular weight is 538 g/mol. The van der Waals surface area contributed by atoms with Gasteiger partial charge in [0.1, 0.15) is 21.5 Å². The number of aromatic nitrogens is 2. The van der Waals surface area contributed by atoms with Crippen LogP contribution in [0.15, 0.2) is 50.8 Å². The molecule has 0 radical (unpaired) electrons. The van der Waals surface area contributed by atoms with Crippen molar-refractivity contribution < 1.29 is 9.21 Å². The van der Waals surface area contributed by atoms with Gasteiger partial charge >= 0.3 is 0 Å². The Labute approximate surface area is 225 Å². The zero-order chi connectivity index (χ0) is 26.5. The summed E-state index contributed by atoms with van der Waals surface area (Å²) in [7, 11) is 0. The van der Waals surface area contributed by atoms with E-state index < -0.39 is 0 Å². The molecule has 2 aliphatic heterocycles. The molecule has 0 aromatic carbocycles. The van der Waals surface area contributed by atoms with Gasteiger partial charge < -0.3 is 15.1 Å². The number of rotatable bonds is 5. The highest BCUT2D eigenvalue weighted by Gasteiger charge is 2.38. The lowest BCUT2D eigenvalue weighted by Gasteiger charge is -2.46. The first-order valence-corrected chi connectivity index (χ1v) is 13.5. The summed E-state index contributed by atoms with van der Waals surface area (Å²) in [4.78, 5) is 33.8. The Morgan fingerprint density at radius 1 is 1.22 bits per heavy atom. The maximum Gasteiger partial charge on any atom is 0.267 e. The van der Waals surface area contributed by atoms with Crippen molar-refractivity contribution in [3.05, 3.63) is 68.9 Å². The van der Waals surface area contributed by atoms with Gasteiger partial charge in [0.2, 0.25) is 0 Å². The highest BCUT2D eigenvalue weighted by atomic mass is 32.2. The fourth-order valence-electron chi connectivity index (χ4n) is 5.44. The summed E-state index contributed by atoms with van der Waals surface area (Å²) in [5, 5.41) is 7.25. The van der Waals surface area contributed by atoms with Crippen LogP contribution in [0, 0.1) is 6.92 Å². The zero-order valence-electron chi connectivity index (χ0n) is 21.6. The Balaban J connectivity index is 1.56. The Morgan fingerprint density at radius 2 is 1.95 bits per heavy atom. The number of hydrogen-bond donors (Lipinski definition) is 2. The summed E-state index contributed by atoms with van der Waals surface area (Å²) in [6, 6.07) is 7.43. The van der Waals surface area contributed by atoms with Crippen molar-refractivity contribution in [1.29, 1.82) is 0 Å². The highest BCUT2D eigenvalue weighted by Crippen LogP contribution is 2.35. The van der Waals surface area contributed by atoms with E-state index >= 15 is 0 Å². The SMILES string of the molecule is Cc1ccc2nc(NC3CC(C)(C)NC(C)(C)C3)c(C=C3SC(=S)N(Cc4ccco4)C3=O)c(=O)n2c1. The van der Waals surface area contributed by atoms with Gasteiger partial charge in [-0.3, -0.25) is 18.9 Å². The van der Waals surface area contributed by atoms with E-state index in [1.165, 1.54) is 21.1 Å². The first-order chi connectivity index (χ1) is 17.4. The van der Waals surface area contributed by atoms with Crippen molar-refractivity contribution in [3.63, 3.8) is 0 Å². The smallest absolute Gasteiger partial charge is 0.267 e. The number of piperidine rings is 1. The molecule has 2 fully saturated rings. The lowest BCUT2D eigenvalue weighted by molar-refractivity contribution is -0.122. The first kappa shape index (κ1) is 25.7. The van der Waals surface area contributed by atoms with Crippen LogP contribution >= 0.6 is 24.0 Å². The number of amides is 1. The second-order valence-electron chi connectivity index (χ2n) is 11.1. The predicted octanol–water partition coefficient (Wildman–Crippen LogP) is 4.72. The highest BCUT2D eigenvalue weighted by molar-refractivity contribution is 8.26. The molecule has 1 amide bonds. The van der Waals surface area contributed by atoms with E-state index in [1.807, 2.05) is 19.1 Å². The molecule has 2 aliphatic rings. The van der Waals surface area contributed by atoms with Crippen LogP contribution < -0.4 is 16.2 Å². The van der Waals surface area contributed by atoms with Gasteiger partial charge in [0.15, 0.2) is 0 Å². The van der Waals surface area contributed by atoms with E-state index in [0.29, 0.717) is 32.0 Å². The van der Waals surface area contributed by atoms with Gasteiger partial charge in [0.25, 0.3) is 11.5 Å². The van der Waals surface area contributed by atoms with Crippen molar-refractivity contribution in [2.24, 2.45) is 0 Å². The van der Waals surface area contributed by atoms with Crippen molar-refractivity contribution in [3.8, 4) is 0 Å². The molecule has 10 heteroatoms. The average Bonchev–Trinajstić information content (AvgIpc) is 3.39. The molecule has 37 heavy (non-hydrogen) atoms. The molecule has 3 aromatic heterocycles. The number of thioether (sulfide) groups is 1. The number of fused-ring (bicyclic) bond motifs is 1. The minimum absolute atomic E-state index is 0.0864. The number of anilines is 1. The maximum absolute atomic E-state index is 13.8. The normalized spacial score (nSPS) is 20.8. The van der Waals surface area contributed by atoms with Crippen LogP contribution in [0.4, 0.5) is 5.82 Å². The van der Waals surface area contributed by atoms with Crippen LogP contribution in [0.2, 0.25) is 0 Å². The molecule has 0 unspecified atom stereocenters. The van der Waals surface area contributed by atoms with Crippen molar-refractivity contribution in [1.82, 2.24) is 19.6 Å². The minimum atomic E-state index is -0.254. The van der Waals surface area contributed by atoms with Crippen LogP contribution in [0.25, 0.3) is 11.7 Å². The molecule has 194 valence electrons. The molecular formula is C27H31N5O3S2. The molecule has 0 spiro atoms. The molecule has 0 aliphatic carbocycles. The monoisotopic (exact) mass is 537 g/mol. The number of carbonyl (C=O) groups is 1. The Hall–Kier alpha value is -2.95. The van der Waals surface area contributed by atoms with Gasteiger partial charge in [-0.05, 0) is 77.3 Å². The number of furan rings is 1. The van der Waals surface area contributed by atoms with E-state index in [4.69, 9.17) is 21.6 Å². The molecule has 5 rings (SSSR count). The molecule has 2 N–H and O–H groups in total. The number of aryl methyl sites for hydroxylation is 1. The summed E-state index contributed by atoms with van der Waals surface area (Å²) in [6.07, 6.45) is 6.68. The van der Waals surface area contributed by atoms with Crippen LogP contribution in [-0.2, 0) is 11.3 Å². The van der Waals surface area contributed by atoms with Crippen molar-refractivity contribution in [2.75, 3.05) is 5.32 Å². The molecule has 0 atom stereocenters. The van der Waals surface area contributed by atoms with E-state index in [9.17, 15) is 9.59 Å². The Bertz CT molecular complexity index is 1460. The summed E-state index contributed by atoms with van der Waals surface area (Å²) in [5.41, 5.74) is 1.42. The Morgan fingerprint density at radius 3 is 2.62 bits per heavy atom. The lowest BCUT2D eigenvalue weighted by Crippen LogP contribution is -2.60. The lowest BCUT2D eigenvalue weighted by atomic mass is 9.79. The van der Waals surface area contributed by atoms with Crippen molar-refractivity contribution in [2.45, 2.75) is 71.1 Å². The summed E-state index contributed by atoms with van der Waals surface area (Å²) < 4.78 is 7.36. The standard InChI is InChI=1S/C27H31N5O3S2/c1-16-8-9-21-29-22(28-17-12-26(2,3)30-27(4,5)13-17)19(23(33)31(21)14-16)11-20-24(34)32(25(36)37-20)15-18-7-6-10-35-18/h6-11,14,17,28,30H,12-13,15H2,1-5H3. The number of carbonyl (C=O) groups excluding carboxylic acids is 1. The first-order valence-electron chi connectivity index (χ1n) is 12.3. The third-order valence-corrected chi connectivity index (χ3v) is 7.96. The zero-order valence-corrected chi connectivity index (χ0v) is 23.3. The third kappa shape index (κ3) is 5.37. The number of hydrogen-bond acceptors (Lipinski definition) is 8. The van der Waals surface area contributed by atoms with Gasteiger partial charge in [0.05, 0.1) is 23.3 Å². The fourth-order valence-corrected chi connectivity index (χ4v) is 6.68. The summed E-state index contributed by atoms with van der Waals surface area (Å²) in [5.74, 6) is 0.859. The number of nitrogens with one attached hydrogen (secondary N) is 2. The van der Waals surface area contributed by atoms with Crippen LogP contribution in [0.3, 0.4) is 0 Å². The molecular weight excluding hydrogens is 506 g/mol. The minimum Gasteiger partial charge on any atom is -0.467 e. The van der Waals surface area contributed by atoms with Crippen LogP contribution in [0.5, 0.6) is 0 Å². The van der Waals surface area contributed by atoms with Crippen LogP contribution in [0.1, 0.15) is 57.4 Å². The second kappa shape index (κ2) is 9.41. The number of pyridine rings is 1. The molecule has 0 bridgehead atoms. The predicted molar refractivity (Wildman–Crippen MR) is 152 cm³/mol. The van der Waals surface area contributed by atoms with Gasteiger partial charge in [-0.2, -0.15) is 0 Å². The molecule has 0 saturated carbocycles. The van der Waals surface area contributed by atoms with E-state index in [1.54, 1.807) is 30.7 Å². The molecule has 2 saturated heterocycles. The van der Waals surface area contributed by atoms with Crippen LogP contribution in [-0.4, -0.2) is 41.6 Å². The fraction of sp³-hybridized carbons (Fsp3) is 0.407. The quantitative estimate of drug-likeness (QED) is 0.357. The number of nitrogens with zero attached hydrogens (tertiary/aromatic N) is 3. The van der Waals surface area contributed by atoms with Gasteiger partial charge in [0, 0.05) is 23.3 Å². The topological polar surface area (TPSA) is 91.9 Å². The van der Waals surface area contributed by atoms with Gasteiger partial charge in [-0.15, -0.1) is 0 Å². The summed E-state index contributed by atoms with van der Waals surface area (Å²) >= 11 is 6.67. The van der Waals surface area contributed by atoms with E-state index in [-0.39, 0.29) is 35.1 Å². The second-order valence-corrected chi connectivity index (χ2v) is 12.8. The molecule has 3 aromatic rings. The largest absolute Gasteiger partial charge is 0.467 e. The van der Waals surface area contributed by atoms with Gasteiger partial charge in [-0.1, -0.05) is 30.0 Å². The molecule has 8 nitrogen and oxygen atoms in total. The van der Waals surface area contributed by atoms with E-state index in [2.05, 4.69) is 38.3 Å². The maximum atomic E-state index is 13.8. The Kier molecular flexibility index (Phi) is 6.54.